The van der Waals surface area contributed by atoms with Crippen LogP contribution in [0.5, 0.6) is 0 Å². The number of halogens is 3. The number of nitrogens with zero attached hydrogens (tertiary/aromatic N) is 2. The molecule has 1 aromatic heterocycles. The molecule has 0 N–H and O–H groups in total. The number of pyridine rings is 1. The highest BCUT2D eigenvalue weighted by Gasteiger charge is 2.08. The average Bonchev–Trinajstić information content (AvgIpc) is 2.03. The van der Waals surface area contributed by atoms with Crippen LogP contribution < -0.4 is 4.90 Å². The molecule has 0 saturated heterocycles. The minimum Gasteiger partial charge on any atom is -0.369 e. The predicted octanol–water partition coefficient (Wildman–Crippen LogP) is 2.44. The smallest absolute Gasteiger partial charge is 0.255 e. The minimum atomic E-state index is -2.35. The maximum atomic E-state index is 12.0. The van der Waals surface area contributed by atoms with Crippen LogP contribution >= 0.6 is 11.6 Å². The monoisotopic (exact) mass is 206 g/mol. The maximum Gasteiger partial charge on any atom is 0.255 e. The Bertz CT molecular complexity index is 281. The molecule has 0 unspecified atom stereocenters. The lowest BCUT2D eigenvalue weighted by Gasteiger charge is -2.18. The molecular weight excluding hydrogens is 198 g/mol. The summed E-state index contributed by atoms with van der Waals surface area (Å²) in [4.78, 5) is 5.18. The standard InChI is InChI=1S/C8H9ClF2N2/c1-13(5-8(10)11)6-2-3-12-7(9)4-6/h2-4,8H,5H2,1H3. The fourth-order valence-corrected chi connectivity index (χ4v) is 1.11. The Labute approximate surface area is 80.1 Å². The lowest BCUT2D eigenvalue weighted by atomic mass is 10.3. The Hall–Kier alpha value is -0.900. The maximum absolute atomic E-state index is 12.0. The molecule has 2 nitrogen and oxygen atoms in total. The van der Waals surface area contributed by atoms with Gasteiger partial charge in [0.1, 0.15) is 5.15 Å². The minimum absolute atomic E-state index is 0.304. The molecule has 0 radical (unpaired) electrons. The molecule has 1 heterocycles. The number of rotatable bonds is 3. The highest BCUT2D eigenvalue weighted by molar-refractivity contribution is 6.29. The van der Waals surface area contributed by atoms with E-state index in [1.807, 2.05) is 0 Å². The molecule has 13 heavy (non-hydrogen) atoms. The Morgan fingerprint density at radius 1 is 1.62 bits per heavy atom. The number of hydrogen-bond donors (Lipinski definition) is 0. The first-order valence-electron chi connectivity index (χ1n) is 3.70. The molecule has 0 aliphatic rings. The third kappa shape index (κ3) is 3.14. The van der Waals surface area contributed by atoms with Crippen LogP contribution in [0.4, 0.5) is 14.5 Å². The molecule has 0 atom stereocenters. The van der Waals surface area contributed by atoms with E-state index in [9.17, 15) is 8.78 Å². The number of anilines is 1. The fraction of sp³-hybridized carbons (Fsp3) is 0.375. The largest absolute Gasteiger partial charge is 0.369 e. The summed E-state index contributed by atoms with van der Waals surface area (Å²) in [7, 11) is 1.58. The van der Waals surface area contributed by atoms with Gasteiger partial charge in [0.05, 0.1) is 6.54 Å². The van der Waals surface area contributed by atoms with Gasteiger partial charge in [-0.15, -0.1) is 0 Å². The molecule has 0 bridgehead atoms. The molecule has 72 valence electrons. The Kier molecular flexibility index (Phi) is 3.42. The third-order valence-electron chi connectivity index (χ3n) is 1.56. The van der Waals surface area contributed by atoms with Gasteiger partial charge in [-0.3, -0.25) is 0 Å². The zero-order chi connectivity index (χ0) is 9.84. The SMILES string of the molecule is CN(CC(F)F)c1ccnc(Cl)c1. The zero-order valence-corrected chi connectivity index (χ0v) is 7.80. The van der Waals surface area contributed by atoms with Gasteiger partial charge in [0.2, 0.25) is 0 Å². The van der Waals surface area contributed by atoms with E-state index in [0.717, 1.165) is 0 Å². The summed E-state index contributed by atoms with van der Waals surface area (Å²) in [5, 5.41) is 0.304. The van der Waals surface area contributed by atoms with Gasteiger partial charge in [-0.2, -0.15) is 0 Å². The van der Waals surface area contributed by atoms with Gasteiger partial charge in [0.25, 0.3) is 6.43 Å². The predicted molar refractivity (Wildman–Crippen MR) is 48.5 cm³/mol. The second-order valence-electron chi connectivity index (χ2n) is 2.61. The van der Waals surface area contributed by atoms with E-state index >= 15 is 0 Å². The molecule has 5 heteroatoms. The van der Waals surface area contributed by atoms with Crippen molar-refractivity contribution in [2.75, 3.05) is 18.5 Å². The van der Waals surface area contributed by atoms with E-state index in [1.165, 1.54) is 11.1 Å². The van der Waals surface area contributed by atoms with Crippen molar-refractivity contribution < 1.29 is 8.78 Å². The fourth-order valence-electron chi connectivity index (χ4n) is 0.942. The van der Waals surface area contributed by atoms with Crippen LogP contribution in [-0.4, -0.2) is 25.0 Å². The van der Waals surface area contributed by atoms with Crippen LogP contribution in [0.15, 0.2) is 18.3 Å². The van der Waals surface area contributed by atoms with Gasteiger partial charge < -0.3 is 4.90 Å². The van der Waals surface area contributed by atoms with E-state index in [2.05, 4.69) is 4.98 Å². The lowest BCUT2D eigenvalue weighted by molar-refractivity contribution is 0.156. The van der Waals surface area contributed by atoms with E-state index in [-0.39, 0.29) is 6.54 Å². The van der Waals surface area contributed by atoms with Crippen LogP contribution in [0.3, 0.4) is 0 Å². The number of hydrogen-bond acceptors (Lipinski definition) is 2. The van der Waals surface area contributed by atoms with Crippen LogP contribution in [0.25, 0.3) is 0 Å². The van der Waals surface area contributed by atoms with Gasteiger partial charge in [-0.05, 0) is 12.1 Å². The summed E-state index contributed by atoms with van der Waals surface area (Å²) >= 11 is 5.60. The van der Waals surface area contributed by atoms with Gasteiger partial charge in [-0.1, -0.05) is 11.6 Å². The van der Waals surface area contributed by atoms with Crippen molar-refractivity contribution in [2.45, 2.75) is 6.43 Å². The molecule has 1 rings (SSSR count). The van der Waals surface area contributed by atoms with Crippen molar-refractivity contribution in [1.29, 1.82) is 0 Å². The molecule has 0 aliphatic heterocycles. The zero-order valence-electron chi connectivity index (χ0n) is 7.04. The van der Waals surface area contributed by atoms with Crippen LogP contribution in [0, 0.1) is 0 Å². The van der Waals surface area contributed by atoms with Crippen molar-refractivity contribution in [3.05, 3.63) is 23.5 Å². The summed E-state index contributed by atoms with van der Waals surface area (Å²) in [6, 6.07) is 3.18. The normalized spacial score (nSPS) is 10.5. The first kappa shape index (κ1) is 10.2. The molecule has 0 fully saturated rings. The average molecular weight is 207 g/mol. The topological polar surface area (TPSA) is 16.1 Å². The summed E-state index contributed by atoms with van der Waals surface area (Å²) < 4.78 is 24.0. The molecule has 0 saturated carbocycles. The van der Waals surface area contributed by atoms with Crippen molar-refractivity contribution in [3.63, 3.8) is 0 Å². The van der Waals surface area contributed by atoms with E-state index < -0.39 is 6.43 Å². The van der Waals surface area contributed by atoms with Crippen LogP contribution in [0.2, 0.25) is 5.15 Å². The van der Waals surface area contributed by atoms with Gasteiger partial charge in [0.15, 0.2) is 0 Å². The van der Waals surface area contributed by atoms with Gasteiger partial charge >= 0.3 is 0 Å². The van der Waals surface area contributed by atoms with Crippen molar-refractivity contribution >= 4 is 17.3 Å². The van der Waals surface area contributed by atoms with E-state index in [4.69, 9.17) is 11.6 Å². The highest BCUT2D eigenvalue weighted by atomic mass is 35.5. The summed E-state index contributed by atoms with van der Waals surface area (Å²) in [5.41, 5.74) is 0.639. The highest BCUT2D eigenvalue weighted by Crippen LogP contribution is 2.16. The Morgan fingerprint density at radius 2 is 2.31 bits per heavy atom. The second-order valence-corrected chi connectivity index (χ2v) is 3.00. The van der Waals surface area contributed by atoms with Gasteiger partial charge in [0, 0.05) is 18.9 Å². The molecule has 0 aliphatic carbocycles. The molecular formula is C8H9ClF2N2. The van der Waals surface area contributed by atoms with Crippen molar-refractivity contribution in [2.24, 2.45) is 0 Å². The van der Waals surface area contributed by atoms with Crippen molar-refractivity contribution in [1.82, 2.24) is 4.98 Å². The van der Waals surface area contributed by atoms with Crippen LogP contribution in [0.1, 0.15) is 0 Å². The molecule has 0 amide bonds. The third-order valence-corrected chi connectivity index (χ3v) is 1.77. The summed E-state index contributed by atoms with van der Waals surface area (Å²) in [6.07, 6.45) is -0.864. The first-order valence-corrected chi connectivity index (χ1v) is 4.08. The quantitative estimate of drug-likeness (QED) is 0.707. The lowest BCUT2D eigenvalue weighted by Crippen LogP contribution is -2.23. The Balaban J connectivity index is 2.71. The Morgan fingerprint density at radius 3 is 2.85 bits per heavy atom. The van der Waals surface area contributed by atoms with Gasteiger partial charge in [-0.25, -0.2) is 13.8 Å². The molecule has 1 aromatic rings. The summed E-state index contributed by atoms with van der Waals surface area (Å²) in [6.45, 7) is -0.305. The summed E-state index contributed by atoms with van der Waals surface area (Å²) in [5.74, 6) is 0. The van der Waals surface area contributed by atoms with Crippen molar-refractivity contribution in [3.8, 4) is 0 Å². The second kappa shape index (κ2) is 4.37. The number of alkyl halides is 2. The van der Waals surface area contributed by atoms with E-state index in [1.54, 1.807) is 19.2 Å². The van der Waals surface area contributed by atoms with Crippen LogP contribution in [-0.2, 0) is 0 Å². The van der Waals surface area contributed by atoms with E-state index in [0.29, 0.717) is 10.8 Å². The number of aromatic nitrogens is 1. The molecule has 0 aromatic carbocycles. The molecule has 0 spiro atoms. The first-order chi connectivity index (χ1) is 6.09.